The fourth-order valence-corrected chi connectivity index (χ4v) is 4.98. The Bertz CT molecular complexity index is 1340. The highest BCUT2D eigenvalue weighted by atomic mass is 35.5. The van der Waals surface area contributed by atoms with Crippen molar-refractivity contribution in [2.24, 2.45) is 0 Å². The molecule has 0 bridgehead atoms. The molecule has 2 heterocycles. The molecule has 1 fully saturated rings. The molecule has 4 rings (SSSR count). The van der Waals surface area contributed by atoms with E-state index < -0.39 is 5.97 Å². The SMILES string of the molecule is O=C(O)CCNC(=S)NCCCNc1nc(Nc2ccccc2Cl)ncc1C(=O)N1CCCC(c2ccccc2)C1. The van der Waals surface area contributed by atoms with Crippen molar-refractivity contribution in [1.29, 1.82) is 0 Å². The molecular weight excluding hydrogens is 562 g/mol. The topological polar surface area (TPSA) is 132 Å². The Morgan fingerprint density at radius 1 is 1.05 bits per heavy atom. The first-order chi connectivity index (χ1) is 19.9. The number of aromatic nitrogens is 2. The number of benzene rings is 2. The van der Waals surface area contributed by atoms with Crippen LogP contribution < -0.4 is 21.3 Å². The van der Waals surface area contributed by atoms with Crippen molar-refractivity contribution in [3.8, 4) is 0 Å². The number of aliphatic carboxylic acids is 1. The molecule has 2 aromatic carbocycles. The van der Waals surface area contributed by atoms with Gasteiger partial charge in [0.2, 0.25) is 5.95 Å². The first-order valence-corrected chi connectivity index (χ1v) is 14.4. The second-order valence-corrected chi connectivity index (χ2v) is 10.5. The number of halogens is 1. The number of anilines is 3. The molecule has 1 unspecified atom stereocenters. The molecule has 1 atom stereocenters. The van der Waals surface area contributed by atoms with Crippen LogP contribution in [0.5, 0.6) is 0 Å². The average Bonchev–Trinajstić information content (AvgIpc) is 2.98. The van der Waals surface area contributed by atoms with Crippen molar-refractivity contribution >= 4 is 58.3 Å². The van der Waals surface area contributed by atoms with Gasteiger partial charge in [-0.1, -0.05) is 54.1 Å². The quantitative estimate of drug-likeness (QED) is 0.149. The molecule has 1 aromatic heterocycles. The average molecular weight is 596 g/mol. The molecular formula is C29H34ClN7O3S. The minimum Gasteiger partial charge on any atom is -0.481 e. The minimum atomic E-state index is -0.886. The third kappa shape index (κ3) is 9.02. The van der Waals surface area contributed by atoms with Crippen molar-refractivity contribution in [2.75, 3.05) is 43.4 Å². The van der Waals surface area contributed by atoms with E-state index in [2.05, 4.69) is 43.4 Å². The van der Waals surface area contributed by atoms with Gasteiger partial charge in [-0.3, -0.25) is 9.59 Å². The van der Waals surface area contributed by atoms with Crippen LogP contribution in [0.15, 0.2) is 60.8 Å². The van der Waals surface area contributed by atoms with Crippen LogP contribution in [0.3, 0.4) is 0 Å². The van der Waals surface area contributed by atoms with Gasteiger partial charge in [0.15, 0.2) is 5.11 Å². The predicted octanol–water partition coefficient (Wildman–Crippen LogP) is 4.63. The Labute approximate surface area is 249 Å². The molecule has 3 aromatic rings. The van der Waals surface area contributed by atoms with Gasteiger partial charge in [0, 0.05) is 44.8 Å². The number of piperidine rings is 1. The molecule has 216 valence electrons. The molecule has 1 aliphatic heterocycles. The molecule has 0 aliphatic carbocycles. The van der Waals surface area contributed by atoms with E-state index in [9.17, 15) is 9.59 Å². The number of carbonyl (C=O) groups is 2. The van der Waals surface area contributed by atoms with Gasteiger partial charge in [-0.15, -0.1) is 0 Å². The third-order valence-electron chi connectivity index (χ3n) is 6.68. The van der Waals surface area contributed by atoms with Crippen LogP contribution in [0.25, 0.3) is 0 Å². The van der Waals surface area contributed by atoms with Crippen LogP contribution in [0.1, 0.15) is 47.5 Å². The zero-order valence-electron chi connectivity index (χ0n) is 22.6. The molecule has 0 radical (unpaired) electrons. The summed E-state index contributed by atoms with van der Waals surface area (Å²) in [6, 6.07) is 17.6. The van der Waals surface area contributed by atoms with Crippen LogP contribution in [-0.4, -0.2) is 69.7 Å². The maximum atomic E-state index is 13.7. The summed E-state index contributed by atoms with van der Waals surface area (Å²) in [5, 5.41) is 22.0. The van der Waals surface area contributed by atoms with E-state index in [4.69, 9.17) is 28.9 Å². The van der Waals surface area contributed by atoms with E-state index in [0.717, 1.165) is 12.8 Å². The van der Waals surface area contributed by atoms with E-state index in [1.807, 2.05) is 41.3 Å². The molecule has 12 heteroatoms. The van der Waals surface area contributed by atoms with Gasteiger partial charge in [0.1, 0.15) is 11.4 Å². The van der Waals surface area contributed by atoms with Crippen molar-refractivity contribution in [1.82, 2.24) is 25.5 Å². The number of para-hydroxylation sites is 1. The maximum Gasteiger partial charge on any atom is 0.305 e. The first kappa shape index (κ1) is 30.0. The van der Waals surface area contributed by atoms with Crippen LogP contribution in [0.4, 0.5) is 17.5 Å². The normalized spacial score (nSPS) is 14.7. The lowest BCUT2D eigenvalue weighted by Crippen LogP contribution is -2.39. The Morgan fingerprint density at radius 2 is 1.80 bits per heavy atom. The second kappa shape index (κ2) is 15.2. The monoisotopic (exact) mass is 595 g/mol. The van der Waals surface area contributed by atoms with Gasteiger partial charge in [-0.2, -0.15) is 4.98 Å². The van der Waals surface area contributed by atoms with E-state index >= 15 is 0 Å². The Kier molecular flexibility index (Phi) is 11.1. The number of amides is 1. The summed E-state index contributed by atoms with van der Waals surface area (Å²) in [7, 11) is 0. The number of carboxylic acid groups (broad SMARTS) is 1. The molecule has 41 heavy (non-hydrogen) atoms. The molecule has 0 spiro atoms. The highest BCUT2D eigenvalue weighted by Crippen LogP contribution is 2.29. The molecule has 5 N–H and O–H groups in total. The van der Waals surface area contributed by atoms with Crippen LogP contribution >= 0.6 is 23.8 Å². The Hall–Kier alpha value is -3.96. The van der Waals surface area contributed by atoms with Crippen LogP contribution in [0, 0.1) is 0 Å². The van der Waals surface area contributed by atoms with Gasteiger partial charge in [-0.25, -0.2) is 4.98 Å². The Balaban J connectivity index is 1.43. The number of thiocarbonyl (C=S) groups is 1. The van der Waals surface area contributed by atoms with Crippen LogP contribution in [0.2, 0.25) is 5.02 Å². The molecule has 10 nitrogen and oxygen atoms in total. The van der Waals surface area contributed by atoms with Crippen molar-refractivity contribution in [3.63, 3.8) is 0 Å². The van der Waals surface area contributed by atoms with Crippen LogP contribution in [-0.2, 0) is 4.79 Å². The second-order valence-electron chi connectivity index (χ2n) is 9.67. The van der Waals surface area contributed by atoms with E-state index in [1.165, 1.54) is 5.56 Å². The molecule has 1 saturated heterocycles. The number of hydrogen-bond donors (Lipinski definition) is 5. The number of likely N-dealkylation sites (tertiary alicyclic amines) is 1. The summed E-state index contributed by atoms with van der Waals surface area (Å²) >= 11 is 11.5. The maximum absolute atomic E-state index is 13.7. The summed E-state index contributed by atoms with van der Waals surface area (Å²) in [5.41, 5.74) is 2.30. The molecule has 0 saturated carbocycles. The van der Waals surface area contributed by atoms with Gasteiger partial charge >= 0.3 is 5.97 Å². The minimum absolute atomic E-state index is 0.0123. The first-order valence-electron chi connectivity index (χ1n) is 13.6. The summed E-state index contributed by atoms with van der Waals surface area (Å²) in [4.78, 5) is 35.3. The van der Waals surface area contributed by atoms with Crippen molar-refractivity contribution < 1.29 is 14.7 Å². The third-order valence-corrected chi connectivity index (χ3v) is 7.29. The zero-order chi connectivity index (χ0) is 29.0. The highest BCUT2D eigenvalue weighted by Gasteiger charge is 2.27. The van der Waals surface area contributed by atoms with E-state index in [1.54, 1.807) is 12.3 Å². The van der Waals surface area contributed by atoms with E-state index in [-0.39, 0.29) is 24.8 Å². The van der Waals surface area contributed by atoms with E-state index in [0.29, 0.717) is 65.8 Å². The number of hydrogen-bond acceptors (Lipinski definition) is 7. The lowest BCUT2D eigenvalue weighted by molar-refractivity contribution is -0.136. The zero-order valence-corrected chi connectivity index (χ0v) is 24.2. The standard InChI is InChI=1S/C29H34ClN7O3S/c30-23-11-4-5-12-24(23)35-28-34-18-22(26(36-28)31-14-7-15-32-29(41)33-16-13-25(38)39)27(40)37-17-6-10-21(19-37)20-8-2-1-3-9-20/h1-5,8-9,11-12,18,21H,6-7,10,13-17,19H2,(H,38,39)(H2,32,33,41)(H2,31,34,35,36). The lowest BCUT2D eigenvalue weighted by atomic mass is 9.90. The largest absolute Gasteiger partial charge is 0.481 e. The number of nitrogens with zero attached hydrogens (tertiary/aromatic N) is 3. The fraction of sp³-hybridized carbons (Fsp3) is 0.345. The van der Waals surface area contributed by atoms with Crippen molar-refractivity contribution in [3.05, 3.63) is 76.9 Å². The Morgan fingerprint density at radius 3 is 2.59 bits per heavy atom. The summed E-state index contributed by atoms with van der Waals surface area (Å²) in [6.45, 7) is 2.64. The van der Waals surface area contributed by atoms with Gasteiger partial charge in [0.05, 0.1) is 17.1 Å². The smallest absolute Gasteiger partial charge is 0.305 e. The number of carbonyl (C=O) groups excluding carboxylic acids is 1. The summed E-state index contributed by atoms with van der Waals surface area (Å²) in [6.07, 6.45) is 4.18. The van der Waals surface area contributed by atoms with Gasteiger partial charge < -0.3 is 31.3 Å². The number of rotatable bonds is 12. The number of carboxylic acids is 1. The highest BCUT2D eigenvalue weighted by molar-refractivity contribution is 7.80. The van der Waals surface area contributed by atoms with Crippen molar-refractivity contribution in [2.45, 2.75) is 31.6 Å². The lowest BCUT2D eigenvalue weighted by Gasteiger charge is -2.33. The fourth-order valence-electron chi connectivity index (χ4n) is 4.59. The summed E-state index contributed by atoms with van der Waals surface area (Å²) < 4.78 is 0. The molecule has 1 amide bonds. The van der Waals surface area contributed by atoms with Gasteiger partial charge in [0.25, 0.3) is 5.91 Å². The van der Waals surface area contributed by atoms with Gasteiger partial charge in [-0.05, 0) is 49.2 Å². The molecule has 1 aliphatic rings. The summed E-state index contributed by atoms with van der Waals surface area (Å²) in [5.74, 6) is 0.0393. The predicted molar refractivity (Wildman–Crippen MR) is 165 cm³/mol. The number of nitrogens with one attached hydrogen (secondary N) is 4.